The van der Waals surface area contributed by atoms with Crippen molar-refractivity contribution >= 4 is 22.4 Å². The van der Waals surface area contributed by atoms with E-state index in [4.69, 9.17) is 5.73 Å². The van der Waals surface area contributed by atoms with Crippen LogP contribution in [-0.2, 0) is 0 Å². The highest BCUT2D eigenvalue weighted by Crippen LogP contribution is 2.24. The molecule has 0 atom stereocenters. The zero-order chi connectivity index (χ0) is 13.9. The topological polar surface area (TPSA) is 59.2 Å². The summed E-state index contributed by atoms with van der Waals surface area (Å²) in [6.45, 7) is 1.67. The molecule has 4 heteroatoms. The van der Waals surface area contributed by atoms with Gasteiger partial charge >= 0.3 is 0 Å². The average molecular weight is 269 g/mol. The number of hydrogen-bond donors (Lipinski definition) is 1. The number of anilines is 1. The lowest BCUT2D eigenvalue weighted by atomic mass is 10.1. The van der Waals surface area contributed by atoms with Crippen molar-refractivity contribution in [1.29, 1.82) is 0 Å². The molecule has 2 aromatic rings. The fourth-order valence-electron chi connectivity index (χ4n) is 2.83. The van der Waals surface area contributed by atoms with E-state index in [-0.39, 0.29) is 5.91 Å². The molecule has 0 aliphatic carbocycles. The van der Waals surface area contributed by atoms with Crippen LogP contribution in [0.1, 0.15) is 36.2 Å². The van der Waals surface area contributed by atoms with Gasteiger partial charge in [0.25, 0.3) is 5.91 Å². The number of carbonyl (C=O) groups excluding carboxylic acids is 1. The molecule has 1 aliphatic heterocycles. The molecule has 0 radical (unpaired) electrons. The highest BCUT2D eigenvalue weighted by Gasteiger charge is 2.20. The van der Waals surface area contributed by atoms with Crippen molar-refractivity contribution in [2.45, 2.75) is 25.7 Å². The Labute approximate surface area is 118 Å². The molecule has 1 saturated heterocycles. The number of nitrogen functional groups attached to an aromatic ring is 1. The van der Waals surface area contributed by atoms with Crippen LogP contribution in [0, 0.1) is 0 Å². The highest BCUT2D eigenvalue weighted by molar-refractivity contribution is 6.07. The first kappa shape index (κ1) is 12.9. The van der Waals surface area contributed by atoms with E-state index in [1.165, 1.54) is 12.8 Å². The first-order chi connectivity index (χ1) is 9.77. The number of nitrogens with two attached hydrogens (primary N) is 1. The normalized spacial score (nSPS) is 16.1. The molecule has 1 aromatic heterocycles. The van der Waals surface area contributed by atoms with Crippen molar-refractivity contribution in [1.82, 2.24) is 9.88 Å². The molecule has 2 heterocycles. The lowest BCUT2D eigenvalue weighted by Gasteiger charge is -2.20. The Kier molecular flexibility index (Phi) is 3.54. The summed E-state index contributed by atoms with van der Waals surface area (Å²) in [4.78, 5) is 18.9. The lowest BCUT2D eigenvalue weighted by molar-refractivity contribution is 0.0758. The summed E-state index contributed by atoms with van der Waals surface area (Å²) < 4.78 is 0. The SMILES string of the molecule is Nc1cccc2c(C(=O)N3CCCCCC3)nccc12. The summed E-state index contributed by atoms with van der Waals surface area (Å²) in [5.41, 5.74) is 7.19. The Balaban J connectivity index is 2.01. The smallest absolute Gasteiger partial charge is 0.273 e. The van der Waals surface area contributed by atoms with Crippen molar-refractivity contribution in [2.75, 3.05) is 18.8 Å². The Bertz CT molecular complexity index is 631. The lowest BCUT2D eigenvalue weighted by Crippen LogP contribution is -2.32. The molecule has 0 saturated carbocycles. The maximum Gasteiger partial charge on any atom is 0.273 e. The number of rotatable bonds is 1. The molecule has 0 bridgehead atoms. The number of fused-ring (bicyclic) bond motifs is 1. The summed E-state index contributed by atoms with van der Waals surface area (Å²) in [5, 5.41) is 1.75. The monoisotopic (exact) mass is 269 g/mol. The molecule has 104 valence electrons. The van der Waals surface area contributed by atoms with Gasteiger partial charge in [0.15, 0.2) is 0 Å². The summed E-state index contributed by atoms with van der Waals surface area (Å²) in [5.74, 6) is 0.0306. The Hall–Kier alpha value is -2.10. The van der Waals surface area contributed by atoms with Gasteiger partial charge in [-0.1, -0.05) is 25.0 Å². The molecular formula is C16H19N3O. The predicted molar refractivity (Wildman–Crippen MR) is 80.5 cm³/mol. The maximum absolute atomic E-state index is 12.7. The number of hydrogen-bond acceptors (Lipinski definition) is 3. The van der Waals surface area contributed by atoms with Crippen molar-refractivity contribution in [3.8, 4) is 0 Å². The van der Waals surface area contributed by atoms with Crippen LogP contribution in [0.2, 0.25) is 0 Å². The highest BCUT2D eigenvalue weighted by atomic mass is 16.2. The largest absolute Gasteiger partial charge is 0.398 e. The van der Waals surface area contributed by atoms with Gasteiger partial charge in [-0.2, -0.15) is 0 Å². The van der Waals surface area contributed by atoms with E-state index in [9.17, 15) is 4.79 Å². The molecule has 1 amide bonds. The van der Waals surface area contributed by atoms with E-state index >= 15 is 0 Å². The first-order valence-corrected chi connectivity index (χ1v) is 7.20. The Morgan fingerprint density at radius 3 is 2.55 bits per heavy atom. The minimum atomic E-state index is 0.0306. The van der Waals surface area contributed by atoms with Gasteiger partial charge in [0.05, 0.1) is 0 Å². The molecule has 0 unspecified atom stereocenters. The predicted octanol–water partition coefficient (Wildman–Crippen LogP) is 2.83. The van der Waals surface area contributed by atoms with Gasteiger partial charge in [0.2, 0.25) is 0 Å². The van der Waals surface area contributed by atoms with Crippen LogP contribution < -0.4 is 5.73 Å². The van der Waals surface area contributed by atoms with E-state index in [1.807, 2.05) is 29.2 Å². The van der Waals surface area contributed by atoms with Crippen LogP contribution in [0.4, 0.5) is 5.69 Å². The third kappa shape index (κ3) is 2.33. The molecule has 1 aliphatic rings. The van der Waals surface area contributed by atoms with E-state index in [0.29, 0.717) is 11.4 Å². The Morgan fingerprint density at radius 2 is 1.80 bits per heavy atom. The molecule has 1 fully saturated rings. The summed E-state index contributed by atoms with van der Waals surface area (Å²) >= 11 is 0. The third-order valence-corrected chi connectivity index (χ3v) is 3.94. The molecule has 0 spiro atoms. The number of amides is 1. The van der Waals surface area contributed by atoms with Crippen LogP contribution in [0.3, 0.4) is 0 Å². The van der Waals surface area contributed by atoms with Crippen LogP contribution in [-0.4, -0.2) is 28.9 Å². The summed E-state index contributed by atoms with van der Waals surface area (Å²) in [7, 11) is 0. The van der Waals surface area contributed by atoms with Gasteiger partial charge < -0.3 is 10.6 Å². The van der Waals surface area contributed by atoms with E-state index in [1.54, 1.807) is 6.20 Å². The van der Waals surface area contributed by atoms with E-state index in [0.717, 1.165) is 36.7 Å². The number of benzene rings is 1. The molecule has 3 rings (SSSR count). The average Bonchev–Trinajstić information content (AvgIpc) is 2.75. The molecule has 1 aromatic carbocycles. The zero-order valence-electron chi connectivity index (χ0n) is 11.5. The number of nitrogens with zero attached hydrogens (tertiary/aromatic N) is 2. The van der Waals surface area contributed by atoms with Gasteiger partial charge in [-0.05, 0) is 25.0 Å². The summed E-state index contributed by atoms with van der Waals surface area (Å²) in [6.07, 6.45) is 6.25. The number of aromatic nitrogens is 1. The number of pyridine rings is 1. The Morgan fingerprint density at radius 1 is 1.05 bits per heavy atom. The van der Waals surface area contributed by atoms with Gasteiger partial charge in [-0.3, -0.25) is 9.78 Å². The first-order valence-electron chi connectivity index (χ1n) is 7.20. The maximum atomic E-state index is 12.7. The third-order valence-electron chi connectivity index (χ3n) is 3.94. The summed E-state index contributed by atoms with van der Waals surface area (Å²) in [6, 6.07) is 7.51. The number of likely N-dealkylation sites (tertiary alicyclic amines) is 1. The van der Waals surface area contributed by atoms with Crippen LogP contribution >= 0.6 is 0 Å². The van der Waals surface area contributed by atoms with Crippen molar-refractivity contribution in [3.63, 3.8) is 0 Å². The fraction of sp³-hybridized carbons (Fsp3) is 0.375. The van der Waals surface area contributed by atoms with E-state index < -0.39 is 0 Å². The fourth-order valence-corrected chi connectivity index (χ4v) is 2.83. The molecule has 2 N–H and O–H groups in total. The second-order valence-corrected chi connectivity index (χ2v) is 5.31. The zero-order valence-corrected chi connectivity index (χ0v) is 11.5. The van der Waals surface area contributed by atoms with Gasteiger partial charge in [0.1, 0.15) is 5.69 Å². The van der Waals surface area contributed by atoms with Crippen molar-refractivity contribution in [3.05, 3.63) is 36.2 Å². The van der Waals surface area contributed by atoms with Crippen molar-refractivity contribution in [2.24, 2.45) is 0 Å². The van der Waals surface area contributed by atoms with Crippen LogP contribution in [0.15, 0.2) is 30.5 Å². The van der Waals surface area contributed by atoms with Gasteiger partial charge in [-0.25, -0.2) is 0 Å². The standard InChI is InChI=1S/C16H19N3O/c17-14-7-5-6-13-12(14)8-9-18-15(13)16(20)19-10-3-1-2-4-11-19/h5-9H,1-4,10-11,17H2. The van der Waals surface area contributed by atoms with Gasteiger partial charge in [-0.15, -0.1) is 0 Å². The quantitative estimate of drug-likeness (QED) is 0.810. The molecular weight excluding hydrogens is 250 g/mol. The molecule has 20 heavy (non-hydrogen) atoms. The van der Waals surface area contributed by atoms with Gasteiger partial charge in [0, 0.05) is 35.7 Å². The van der Waals surface area contributed by atoms with Crippen LogP contribution in [0.25, 0.3) is 10.8 Å². The second-order valence-electron chi connectivity index (χ2n) is 5.31. The van der Waals surface area contributed by atoms with Crippen LogP contribution in [0.5, 0.6) is 0 Å². The van der Waals surface area contributed by atoms with Crippen molar-refractivity contribution < 1.29 is 4.79 Å². The number of carbonyl (C=O) groups is 1. The minimum Gasteiger partial charge on any atom is -0.398 e. The second kappa shape index (κ2) is 5.49. The van der Waals surface area contributed by atoms with E-state index in [2.05, 4.69) is 4.98 Å². The molecule has 4 nitrogen and oxygen atoms in total. The minimum absolute atomic E-state index is 0.0306.